The molecule has 1 aliphatic heterocycles. The molecular formula is C20H26BN3O4S. The first-order valence-electron chi connectivity index (χ1n) is 9.74. The van der Waals surface area contributed by atoms with Gasteiger partial charge in [-0.3, -0.25) is 0 Å². The van der Waals surface area contributed by atoms with E-state index in [0.717, 1.165) is 16.9 Å². The zero-order valence-electron chi connectivity index (χ0n) is 17.2. The van der Waals surface area contributed by atoms with Crippen LogP contribution in [0.5, 0.6) is 0 Å². The lowest BCUT2D eigenvalue weighted by molar-refractivity contribution is -0.0716. The average Bonchev–Trinajstić information content (AvgIpc) is 3.05. The van der Waals surface area contributed by atoms with Crippen LogP contribution in [0.1, 0.15) is 47.0 Å². The summed E-state index contributed by atoms with van der Waals surface area (Å²) in [6, 6.07) is 3.51. The molecule has 4 rings (SSSR count). The minimum atomic E-state index is -3.81. The van der Waals surface area contributed by atoms with Gasteiger partial charge in [0.15, 0.2) is 0 Å². The van der Waals surface area contributed by atoms with Crippen LogP contribution in [0.25, 0.3) is 10.9 Å². The molecular weight excluding hydrogens is 389 g/mol. The van der Waals surface area contributed by atoms with Crippen LogP contribution in [-0.4, -0.2) is 35.9 Å². The van der Waals surface area contributed by atoms with Crippen molar-refractivity contribution >= 4 is 39.2 Å². The third kappa shape index (κ3) is 3.74. The first kappa shape index (κ1) is 20.2. The van der Waals surface area contributed by atoms with E-state index in [0.29, 0.717) is 28.5 Å². The molecule has 0 unspecified atom stereocenters. The number of nitrogen functional groups attached to an aromatic ring is 1. The van der Waals surface area contributed by atoms with E-state index >= 15 is 0 Å². The minimum absolute atomic E-state index is 0.241. The van der Waals surface area contributed by atoms with Gasteiger partial charge in [-0.25, -0.2) is 0 Å². The fourth-order valence-corrected chi connectivity index (χ4v) is 5.59. The predicted molar refractivity (Wildman–Crippen MR) is 115 cm³/mol. The number of anilines is 1. The highest BCUT2D eigenvalue weighted by atomic mass is 32.2. The van der Waals surface area contributed by atoms with Gasteiger partial charge in [-0.05, 0) is 64.2 Å². The summed E-state index contributed by atoms with van der Waals surface area (Å²) in [5.41, 5.74) is 6.98. The Bertz CT molecular complexity index is 1120. The number of nitrogens with zero attached hydrogens (tertiary/aromatic N) is 2. The third-order valence-corrected chi connectivity index (χ3v) is 6.82. The molecule has 9 heteroatoms. The number of fused-ring (bicyclic) bond motifs is 1. The Hall–Kier alpha value is -2.10. The summed E-state index contributed by atoms with van der Waals surface area (Å²) >= 11 is 0. The molecule has 1 saturated heterocycles. The van der Waals surface area contributed by atoms with Crippen molar-refractivity contribution < 1.29 is 17.7 Å². The van der Waals surface area contributed by atoms with Crippen LogP contribution >= 0.6 is 0 Å². The Morgan fingerprint density at radius 1 is 1.14 bits per heavy atom. The van der Waals surface area contributed by atoms with Crippen molar-refractivity contribution in [3.63, 3.8) is 0 Å². The molecule has 2 N–H and O–H groups in total. The van der Waals surface area contributed by atoms with Gasteiger partial charge in [0.05, 0.1) is 27.8 Å². The fraction of sp³-hybridized carbons (Fsp3) is 0.450. The van der Waals surface area contributed by atoms with Gasteiger partial charge in [0.1, 0.15) is 0 Å². The van der Waals surface area contributed by atoms with Gasteiger partial charge in [0.25, 0.3) is 10.0 Å². The van der Waals surface area contributed by atoms with E-state index in [1.54, 1.807) is 24.3 Å². The Labute approximate surface area is 171 Å². The second-order valence-electron chi connectivity index (χ2n) is 8.89. The monoisotopic (exact) mass is 415 g/mol. The lowest BCUT2D eigenvalue weighted by Gasteiger charge is -2.44. The lowest BCUT2D eigenvalue weighted by Crippen LogP contribution is -2.56. The number of aromatic nitrogens is 2. The van der Waals surface area contributed by atoms with Crippen LogP contribution in [0.15, 0.2) is 41.5 Å². The molecule has 2 heterocycles. The van der Waals surface area contributed by atoms with Gasteiger partial charge in [0, 0.05) is 17.5 Å². The molecule has 7 nitrogen and oxygen atoms in total. The third-order valence-electron chi connectivity index (χ3n) is 5.17. The molecule has 0 amide bonds. The molecule has 1 aliphatic carbocycles. The first-order chi connectivity index (χ1) is 13.5. The molecule has 0 spiro atoms. The molecule has 154 valence electrons. The van der Waals surface area contributed by atoms with E-state index in [1.165, 1.54) is 6.20 Å². The molecule has 2 aromatic rings. The van der Waals surface area contributed by atoms with Crippen LogP contribution < -0.4 is 11.2 Å². The maximum absolute atomic E-state index is 13.1. The van der Waals surface area contributed by atoms with Gasteiger partial charge in [-0.1, -0.05) is 12.2 Å². The largest absolute Gasteiger partial charge is 0.494 e. The molecule has 1 aromatic heterocycles. The van der Waals surface area contributed by atoms with Crippen molar-refractivity contribution in [3.8, 4) is 0 Å². The summed E-state index contributed by atoms with van der Waals surface area (Å²) in [4.78, 5) is 0.241. The Morgan fingerprint density at radius 2 is 1.83 bits per heavy atom. The Kier molecular flexibility index (Phi) is 4.68. The first-order valence-corrected chi connectivity index (χ1v) is 11.2. The lowest BCUT2D eigenvalue weighted by atomic mass is 9.72. The normalized spacial score (nSPS) is 21.4. The Morgan fingerprint density at radius 3 is 2.45 bits per heavy atom. The predicted octanol–water partition coefficient (Wildman–Crippen LogP) is 2.72. The summed E-state index contributed by atoms with van der Waals surface area (Å²) in [5.74, 6) is 0. The summed E-state index contributed by atoms with van der Waals surface area (Å²) < 4.78 is 39.6. The van der Waals surface area contributed by atoms with Crippen LogP contribution in [0.2, 0.25) is 0 Å². The minimum Gasteiger partial charge on any atom is -0.402 e. The van der Waals surface area contributed by atoms with Gasteiger partial charge in [-0.2, -0.15) is 17.6 Å². The van der Waals surface area contributed by atoms with E-state index in [-0.39, 0.29) is 16.1 Å². The summed E-state index contributed by atoms with van der Waals surface area (Å²) in [6.07, 6.45) is 8.93. The molecule has 0 saturated carbocycles. The average molecular weight is 415 g/mol. The van der Waals surface area contributed by atoms with E-state index < -0.39 is 17.1 Å². The quantitative estimate of drug-likeness (QED) is 0.612. The smallest absolute Gasteiger partial charge is 0.402 e. The number of benzene rings is 1. The molecule has 0 radical (unpaired) electrons. The Balaban J connectivity index is 1.82. The molecule has 29 heavy (non-hydrogen) atoms. The van der Waals surface area contributed by atoms with E-state index in [2.05, 4.69) is 5.10 Å². The van der Waals surface area contributed by atoms with Crippen molar-refractivity contribution in [2.45, 2.75) is 58.2 Å². The van der Waals surface area contributed by atoms with E-state index in [4.69, 9.17) is 15.0 Å². The zero-order valence-corrected chi connectivity index (χ0v) is 18.0. The zero-order chi connectivity index (χ0) is 21.0. The fourth-order valence-electron chi connectivity index (χ4n) is 4.21. The molecule has 0 atom stereocenters. The number of allylic oxidation sites excluding steroid dienone is 3. The summed E-state index contributed by atoms with van der Waals surface area (Å²) in [5, 5.41) is 4.71. The molecule has 1 fully saturated rings. The molecule has 1 aromatic carbocycles. The van der Waals surface area contributed by atoms with Gasteiger partial charge >= 0.3 is 7.12 Å². The van der Waals surface area contributed by atoms with Crippen molar-refractivity contribution in [1.29, 1.82) is 0 Å². The number of hydrogen-bond acceptors (Lipinski definition) is 6. The highest BCUT2D eigenvalue weighted by Crippen LogP contribution is 2.33. The van der Waals surface area contributed by atoms with Crippen LogP contribution in [-0.2, 0) is 19.3 Å². The van der Waals surface area contributed by atoms with Crippen molar-refractivity contribution in [3.05, 3.63) is 41.5 Å². The van der Waals surface area contributed by atoms with Crippen LogP contribution in [0.3, 0.4) is 0 Å². The maximum Gasteiger partial charge on any atom is 0.494 e. The summed E-state index contributed by atoms with van der Waals surface area (Å²) in [6.45, 7) is 8.07. The molecule has 0 bridgehead atoms. The van der Waals surface area contributed by atoms with E-state index in [9.17, 15) is 8.42 Å². The van der Waals surface area contributed by atoms with Crippen molar-refractivity contribution in [2.75, 3.05) is 5.73 Å². The van der Waals surface area contributed by atoms with Gasteiger partial charge < -0.3 is 15.0 Å². The summed E-state index contributed by atoms with van der Waals surface area (Å²) in [7, 11) is -4.47. The molecule has 2 aliphatic rings. The van der Waals surface area contributed by atoms with Crippen molar-refractivity contribution in [1.82, 2.24) is 9.19 Å². The highest BCUT2D eigenvalue weighted by Gasteiger charge is 2.44. The second-order valence-corrected chi connectivity index (χ2v) is 10.7. The standard InChI is InChI=1S/C20H26BN3O4S/c1-19(2)13-20(3,4)28-21(27-19)14-10-17(22)16-12-23-24(18(16)11-14)29(25,26)15-8-6-5-7-9-15/h6,8-12H,5,7,13,22H2,1-4H3. The van der Waals surface area contributed by atoms with Crippen LogP contribution in [0.4, 0.5) is 5.69 Å². The van der Waals surface area contributed by atoms with Crippen molar-refractivity contribution in [2.24, 2.45) is 0 Å². The SMILES string of the molecule is CC1(C)CC(C)(C)OB(c2cc(N)c3cnn(S(=O)(=O)C4=CCCC=C4)c3c2)O1. The maximum atomic E-state index is 13.1. The van der Waals surface area contributed by atoms with E-state index in [1.807, 2.05) is 33.8 Å². The van der Waals surface area contributed by atoms with Crippen LogP contribution in [0, 0.1) is 0 Å². The topological polar surface area (TPSA) is 96.4 Å². The second kappa shape index (κ2) is 6.72. The number of nitrogens with two attached hydrogens (primary N) is 1. The number of hydrogen-bond donors (Lipinski definition) is 1. The van der Waals surface area contributed by atoms with Gasteiger partial charge in [0.2, 0.25) is 0 Å². The van der Waals surface area contributed by atoms with Gasteiger partial charge in [-0.15, -0.1) is 0 Å². The number of rotatable bonds is 3. The highest BCUT2D eigenvalue weighted by molar-refractivity contribution is 7.94.